The number of amides is 1. The lowest BCUT2D eigenvalue weighted by molar-refractivity contribution is -0.136. The molecule has 98 valence electrons. The van der Waals surface area contributed by atoms with Crippen molar-refractivity contribution in [2.45, 2.75) is 58.4 Å². The van der Waals surface area contributed by atoms with Gasteiger partial charge >= 0.3 is 0 Å². The minimum absolute atomic E-state index is 0.154. The second-order valence-electron chi connectivity index (χ2n) is 6.28. The second kappa shape index (κ2) is 4.97. The van der Waals surface area contributed by atoms with E-state index in [-0.39, 0.29) is 5.41 Å². The minimum atomic E-state index is 0.154. The third kappa shape index (κ3) is 2.49. The Kier molecular flexibility index (Phi) is 3.76. The Bertz CT molecular complexity index is 278. The molecule has 0 aromatic carbocycles. The second-order valence-corrected chi connectivity index (χ2v) is 6.28. The number of likely N-dealkylation sites (tertiary alicyclic amines) is 1. The van der Waals surface area contributed by atoms with Crippen LogP contribution in [0.2, 0.25) is 0 Å². The highest BCUT2D eigenvalue weighted by Crippen LogP contribution is 2.43. The summed E-state index contributed by atoms with van der Waals surface area (Å²) in [6, 6.07) is 0.470. The summed E-state index contributed by atoms with van der Waals surface area (Å²) in [6.07, 6.45) is 6.58. The molecule has 0 aromatic rings. The van der Waals surface area contributed by atoms with Gasteiger partial charge in [-0.15, -0.1) is 0 Å². The highest BCUT2D eigenvalue weighted by atomic mass is 16.2. The van der Waals surface area contributed by atoms with E-state index in [0.29, 0.717) is 30.8 Å². The number of nitrogens with zero attached hydrogens (tertiary/aromatic N) is 1. The highest BCUT2D eigenvalue weighted by molar-refractivity contribution is 5.77. The first kappa shape index (κ1) is 12.9. The zero-order chi connectivity index (χ0) is 12.5. The maximum Gasteiger partial charge on any atom is 0.223 e. The summed E-state index contributed by atoms with van der Waals surface area (Å²) in [6.45, 7) is 6.08. The first-order chi connectivity index (χ1) is 8.08. The van der Waals surface area contributed by atoms with Crippen molar-refractivity contribution in [2.75, 3.05) is 13.1 Å². The molecular weight excluding hydrogens is 212 g/mol. The van der Waals surface area contributed by atoms with Gasteiger partial charge in [-0.25, -0.2) is 0 Å². The molecule has 0 radical (unpaired) electrons. The maximum absolute atomic E-state index is 12.4. The highest BCUT2D eigenvalue weighted by Gasteiger charge is 2.40. The molecule has 2 aliphatic rings. The molecule has 1 aliphatic heterocycles. The van der Waals surface area contributed by atoms with Crippen molar-refractivity contribution in [1.29, 1.82) is 0 Å². The Morgan fingerprint density at radius 1 is 1.41 bits per heavy atom. The number of hydrogen-bond donors (Lipinski definition) is 1. The Hall–Kier alpha value is -0.570. The van der Waals surface area contributed by atoms with Crippen molar-refractivity contribution in [3.63, 3.8) is 0 Å². The molecule has 1 saturated carbocycles. The topological polar surface area (TPSA) is 46.3 Å². The zero-order valence-electron chi connectivity index (χ0n) is 11.2. The lowest BCUT2D eigenvalue weighted by Crippen LogP contribution is -2.45. The van der Waals surface area contributed by atoms with Gasteiger partial charge in [0.15, 0.2) is 0 Å². The van der Waals surface area contributed by atoms with Crippen molar-refractivity contribution in [3.05, 3.63) is 0 Å². The van der Waals surface area contributed by atoms with Crippen LogP contribution in [0.25, 0.3) is 0 Å². The van der Waals surface area contributed by atoms with E-state index in [9.17, 15) is 4.79 Å². The number of carbonyl (C=O) groups excluding carboxylic acids is 1. The predicted octanol–water partition coefficient (Wildman–Crippen LogP) is 2.15. The summed E-state index contributed by atoms with van der Waals surface area (Å²) in [5.41, 5.74) is 5.99. The van der Waals surface area contributed by atoms with Gasteiger partial charge in [-0.05, 0) is 43.6 Å². The number of nitrogens with two attached hydrogens (primary N) is 1. The molecule has 0 spiro atoms. The van der Waals surface area contributed by atoms with E-state index in [1.54, 1.807) is 0 Å². The third-order valence-corrected chi connectivity index (χ3v) is 4.76. The van der Waals surface area contributed by atoms with Gasteiger partial charge in [-0.1, -0.05) is 20.3 Å². The van der Waals surface area contributed by atoms with Crippen LogP contribution in [-0.4, -0.2) is 29.9 Å². The SMILES string of the molecule is CC(C)C1CCCN1C(=O)CC1(CN)CCC1. The molecule has 1 aliphatic carbocycles. The van der Waals surface area contributed by atoms with Gasteiger partial charge in [0.1, 0.15) is 0 Å². The molecule has 2 fully saturated rings. The van der Waals surface area contributed by atoms with Crippen molar-refractivity contribution in [2.24, 2.45) is 17.1 Å². The average Bonchev–Trinajstić information content (AvgIpc) is 2.72. The third-order valence-electron chi connectivity index (χ3n) is 4.76. The fourth-order valence-electron chi connectivity index (χ4n) is 3.35. The lowest BCUT2D eigenvalue weighted by Gasteiger charge is -2.42. The number of hydrogen-bond acceptors (Lipinski definition) is 2. The van der Waals surface area contributed by atoms with Gasteiger partial charge in [0.05, 0.1) is 0 Å². The van der Waals surface area contributed by atoms with Gasteiger partial charge in [0.2, 0.25) is 5.91 Å². The maximum atomic E-state index is 12.4. The van der Waals surface area contributed by atoms with Crippen LogP contribution in [0.3, 0.4) is 0 Å². The standard InChI is InChI=1S/C14H26N2O/c1-11(2)12-5-3-8-16(12)13(17)9-14(10-15)6-4-7-14/h11-12H,3-10,15H2,1-2H3. The Balaban J connectivity index is 1.95. The van der Waals surface area contributed by atoms with Gasteiger partial charge < -0.3 is 10.6 Å². The quantitative estimate of drug-likeness (QED) is 0.815. The summed E-state index contributed by atoms with van der Waals surface area (Å²) < 4.78 is 0. The van der Waals surface area contributed by atoms with E-state index in [2.05, 4.69) is 18.7 Å². The van der Waals surface area contributed by atoms with Gasteiger partial charge in [-0.2, -0.15) is 0 Å². The molecule has 0 aromatic heterocycles. The molecule has 1 atom stereocenters. The Morgan fingerprint density at radius 2 is 2.12 bits per heavy atom. The van der Waals surface area contributed by atoms with Crippen LogP contribution in [0.15, 0.2) is 0 Å². The molecule has 1 saturated heterocycles. The zero-order valence-corrected chi connectivity index (χ0v) is 11.2. The van der Waals surface area contributed by atoms with Crippen LogP contribution >= 0.6 is 0 Å². The number of rotatable bonds is 4. The van der Waals surface area contributed by atoms with E-state index in [1.807, 2.05) is 0 Å². The predicted molar refractivity (Wildman–Crippen MR) is 69.5 cm³/mol. The summed E-state index contributed by atoms with van der Waals surface area (Å²) in [7, 11) is 0. The molecule has 2 rings (SSSR count). The fourth-order valence-corrected chi connectivity index (χ4v) is 3.35. The summed E-state index contributed by atoms with van der Waals surface area (Å²) >= 11 is 0. The normalized spacial score (nSPS) is 27.3. The molecule has 0 bridgehead atoms. The molecule has 1 amide bonds. The minimum Gasteiger partial charge on any atom is -0.339 e. The van der Waals surface area contributed by atoms with E-state index < -0.39 is 0 Å². The van der Waals surface area contributed by atoms with Crippen LogP contribution in [0.5, 0.6) is 0 Å². The van der Waals surface area contributed by atoms with Crippen molar-refractivity contribution in [3.8, 4) is 0 Å². The number of carbonyl (C=O) groups is 1. The van der Waals surface area contributed by atoms with Gasteiger partial charge in [0, 0.05) is 19.0 Å². The van der Waals surface area contributed by atoms with Crippen molar-refractivity contribution >= 4 is 5.91 Å². The van der Waals surface area contributed by atoms with Crippen LogP contribution in [0.1, 0.15) is 52.4 Å². The van der Waals surface area contributed by atoms with Gasteiger partial charge in [0.25, 0.3) is 0 Å². The van der Waals surface area contributed by atoms with Gasteiger partial charge in [-0.3, -0.25) is 4.79 Å². The molecular formula is C14H26N2O. The molecule has 3 nitrogen and oxygen atoms in total. The Morgan fingerprint density at radius 3 is 2.59 bits per heavy atom. The van der Waals surface area contributed by atoms with Crippen LogP contribution in [-0.2, 0) is 4.79 Å². The van der Waals surface area contributed by atoms with E-state index in [0.717, 1.165) is 19.4 Å². The lowest BCUT2D eigenvalue weighted by atomic mass is 9.66. The van der Waals surface area contributed by atoms with Crippen molar-refractivity contribution < 1.29 is 4.79 Å². The first-order valence-corrected chi connectivity index (χ1v) is 7.07. The van der Waals surface area contributed by atoms with E-state index in [1.165, 1.54) is 19.3 Å². The smallest absolute Gasteiger partial charge is 0.223 e. The fraction of sp³-hybridized carbons (Fsp3) is 0.929. The molecule has 17 heavy (non-hydrogen) atoms. The summed E-state index contributed by atoms with van der Waals surface area (Å²) in [4.78, 5) is 14.5. The molecule has 3 heteroatoms. The van der Waals surface area contributed by atoms with Crippen LogP contribution in [0.4, 0.5) is 0 Å². The molecule has 1 heterocycles. The molecule has 1 unspecified atom stereocenters. The summed E-state index contributed by atoms with van der Waals surface area (Å²) in [5, 5.41) is 0. The first-order valence-electron chi connectivity index (χ1n) is 7.07. The Labute approximate surface area is 105 Å². The average molecular weight is 238 g/mol. The largest absolute Gasteiger partial charge is 0.339 e. The van der Waals surface area contributed by atoms with Crippen molar-refractivity contribution in [1.82, 2.24) is 4.90 Å². The van der Waals surface area contributed by atoms with E-state index in [4.69, 9.17) is 5.73 Å². The van der Waals surface area contributed by atoms with Crippen LogP contribution in [0, 0.1) is 11.3 Å². The monoisotopic (exact) mass is 238 g/mol. The van der Waals surface area contributed by atoms with Crippen LogP contribution < -0.4 is 5.73 Å². The summed E-state index contributed by atoms with van der Waals surface area (Å²) in [5.74, 6) is 0.933. The van der Waals surface area contributed by atoms with E-state index >= 15 is 0 Å². The molecule has 2 N–H and O–H groups in total.